The summed E-state index contributed by atoms with van der Waals surface area (Å²) >= 11 is 0. The molecule has 0 saturated heterocycles. The zero-order chi connectivity index (χ0) is 41.5. The fourth-order valence-corrected chi connectivity index (χ4v) is 8.19. The topological polar surface area (TPSA) is 115 Å². The number of phosphoric acid groups is 1. The van der Waals surface area contributed by atoms with E-state index >= 15 is 0 Å². The first-order valence-corrected chi connectivity index (χ1v) is 24.6. The quantitative estimate of drug-likeness (QED) is 0.0414. The van der Waals surface area contributed by atoms with Gasteiger partial charge < -0.3 is 24.6 Å². The Hall–Kier alpha value is -0.0500. The van der Waals surface area contributed by atoms with Gasteiger partial charge in [-0.2, -0.15) is 0 Å². The van der Waals surface area contributed by atoms with Gasteiger partial charge in [-0.1, -0.05) is 185 Å². The SMILES string of the molecule is CC(C)CCC[C@@H](C)CCC[C@@H](C)CCC[C@@H](C)CCOC[C@@H](COP(=O)(O)OC[C@@H](O)CO)OCC[C@H](C)CCC[C@H](C)CCC[C@H](C)CCCC(C)C. The predicted molar refractivity (Wildman–Crippen MR) is 232 cm³/mol. The Kier molecular flexibility index (Phi) is 34.7. The summed E-state index contributed by atoms with van der Waals surface area (Å²) in [5.74, 6) is 5.95. The molecule has 0 radical (unpaired) electrons. The van der Waals surface area contributed by atoms with E-state index in [1.807, 2.05) is 0 Å². The fraction of sp³-hybridized carbons (Fsp3) is 1.00. The first-order chi connectivity index (χ1) is 26.0. The smallest absolute Gasteiger partial charge is 0.394 e. The molecule has 55 heavy (non-hydrogen) atoms. The summed E-state index contributed by atoms with van der Waals surface area (Å²) in [7, 11) is -4.42. The fourth-order valence-electron chi connectivity index (χ4n) is 7.40. The van der Waals surface area contributed by atoms with E-state index in [-0.39, 0.29) is 13.2 Å². The minimum Gasteiger partial charge on any atom is -0.394 e. The lowest BCUT2D eigenvalue weighted by atomic mass is 9.91. The molecule has 3 N–H and O–H groups in total. The largest absolute Gasteiger partial charge is 0.472 e. The third kappa shape index (κ3) is 36.7. The van der Waals surface area contributed by atoms with Crippen molar-refractivity contribution in [2.24, 2.45) is 47.3 Å². The third-order valence-corrected chi connectivity index (χ3v) is 12.6. The molecule has 0 saturated carbocycles. The van der Waals surface area contributed by atoms with E-state index < -0.39 is 33.2 Å². The van der Waals surface area contributed by atoms with Crippen molar-refractivity contribution in [3.05, 3.63) is 0 Å². The lowest BCUT2D eigenvalue weighted by molar-refractivity contribution is -0.0492. The highest BCUT2D eigenvalue weighted by molar-refractivity contribution is 7.47. The molecule has 0 amide bonds. The summed E-state index contributed by atoms with van der Waals surface area (Å²) in [6, 6.07) is 0. The van der Waals surface area contributed by atoms with Crippen LogP contribution in [0.25, 0.3) is 0 Å². The van der Waals surface area contributed by atoms with Crippen molar-refractivity contribution in [1.29, 1.82) is 0 Å². The van der Waals surface area contributed by atoms with Crippen LogP contribution >= 0.6 is 7.82 Å². The van der Waals surface area contributed by atoms with Crippen LogP contribution in [0.15, 0.2) is 0 Å². The Bertz CT molecular complexity index is 888. The van der Waals surface area contributed by atoms with Crippen molar-refractivity contribution in [3.63, 3.8) is 0 Å². The second-order valence-corrected chi connectivity index (χ2v) is 20.5. The number of hydrogen-bond donors (Lipinski definition) is 3. The van der Waals surface area contributed by atoms with Gasteiger partial charge in [0.05, 0.1) is 26.4 Å². The lowest BCUT2D eigenvalue weighted by Crippen LogP contribution is -2.27. The van der Waals surface area contributed by atoms with Gasteiger partial charge in [0.15, 0.2) is 0 Å². The number of rotatable bonds is 40. The van der Waals surface area contributed by atoms with E-state index in [2.05, 4.69) is 69.2 Å². The van der Waals surface area contributed by atoms with Gasteiger partial charge in [0.2, 0.25) is 0 Å². The molecule has 0 fully saturated rings. The monoisotopic (exact) mass is 807 g/mol. The highest BCUT2D eigenvalue weighted by Crippen LogP contribution is 2.43. The van der Waals surface area contributed by atoms with Gasteiger partial charge in [0.25, 0.3) is 0 Å². The Labute approximate surface area is 342 Å². The van der Waals surface area contributed by atoms with Gasteiger partial charge in [-0.15, -0.1) is 0 Å². The maximum absolute atomic E-state index is 12.4. The number of hydrogen-bond acceptors (Lipinski definition) is 7. The Balaban J connectivity index is 4.50. The number of aliphatic hydroxyl groups excluding tert-OH is 2. The summed E-state index contributed by atoms with van der Waals surface area (Å²) in [5, 5.41) is 18.5. The van der Waals surface area contributed by atoms with Gasteiger partial charge in [0.1, 0.15) is 12.2 Å². The van der Waals surface area contributed by atoms with Crippen LogP contribution in [0.1, 0.15) is 198 Å². The molecule has 0 aromatic heterocycles. The average molecular weight is 807 g/mol. The molecule has 0 spiro atoms. The first kappa shape index (κ1) is 55.0. The molecular formula is C46H95O8P. The van der Waals surface area contributed by atoms with Crippen LogP contribution < -0.4 is 0 Å². The maximum atomic E-state index is 12.4. The molecule has 0 rings (SSSR count). The van der Waals surface area contributed by atoms with E-state index in [4.69, 9.17) is 23.6 Å². The molecule has 9 heteroatoms. The molecule has 0 heterocycles. The molecule has 0 aliphatic carbocycles. The molecule has 0 aliphatic heterocycles. The van der Waals surface area contributed by atoms with Crippen molar-refractivity contribution in [2.75, 3.05) is 39.6 Å². The lowest BCUT2D eigenvalue weighted by Gasteiger charge is -2.22. The highest BCUT2D eigenvalue weighted by Gasteiger charge is 2.25. The van der Waals surface area contributed by atoms with Gasteiger partial charge in [-0.3, -0.25) is 9.05 Å². The summed E-state index contributed by atoms with van der Waals surface area (Å²) in [6.07, 6.45) is 23.7. The summed E-state index contributed by atoms with van der Waals surface area (Å²) in [5.41, 5.74) is 0. The van der Waals surface area contributed by atoms with E-state index in [0.29, 0.717) is 25.0 Å². The van der Waals surface area contributed by atoms with Crippen molar-refractivity contribution in [1.82, 2.24) is 0 Å². The Morgan fingerprint density at radius 3 is 1.15 bits per heavy atom. The number of ether oxygens (including phenoxy) is 2. The van der Waals surface area contributed by atoms with Crippen molar-refractivity contribution in [3.8, 4) is 0 Å². The molecule has 0 aromatic carbocycles. The van der Waals surface area contributed by atoms with Crippen LogP contribution in [0, 0.1) is 47.3 Å². The summed E-state index contributed by atoms with van der Waals surface area (Å²) in [4.78, 5) is 10.1. The Morgan fingerprint density at radius 2 is 0.782 bits per heavy atom. The van der Waals surface area contributed by atoms with E-state index in [9.17, 15) is 14.6 Å². The number of aliphatic hydroxyl groups is 2. The van der Waals surface area contributed by atoms with Crippen LogP contribution in [-0.4, -0.2) is 67.0 Å². The zero-order valence-electron chi connectivity index (χ0n) is 38.0. The molecule has 332 valence electrons. The van der Waals surface area contributed by atoms with E-state index in [0.717, 1.165) is 54.8 Å². The second-order valence-electron chi connectivity index (χ2n) is 19.0. The Morgan fingerprint density at radius 1 is 0.455 bits per heavy atom. The number of phosphoric ester groups is 1. The van der Waals surface area contributed by atoms with Gasteiger partial charge >= 0.3 is 7.82 Å². The van der Waals surface area contributed by atoms with Crippen molar-refractivity contribution >= 4 is 7.82 Å². The van der Waals surface area contributed by atoms with Crippen molar-refractivity contribution < 1.29 is 38.2 Å². The summed E-state index contributed by atoms with van der Waals surface area (Å²) < 4.78 is 34.6. The minimum atomic E-state index is -4.42. The highest BCUT2D eigenvalue weighted by atomic mass is 31.2. The molecule has 9 atom stereocenters. The van der Waals surface area contributed by atoms with Gasteiger partial charge in [-0.25, -0.2) is 4.57 Å². The third-order valence-electron chi connectivity index (χ3n) is 11.6. The van der Waals surface area contributed by atoms with Crippen LogP contribution in [0.2, 0.25) is 0 Å². The average Bonchev–Trinajstić information content (AvgIpc) is 3.10. The molecule has 0 aliphatic rings. The molecule has 0 aromatic rings. The van der Waals surface area contributed by atoms with Crippen LogP contribution in [0.4, 0.5) is 0 Å². The minimum absolute atomic E-state index is 0.157. The van der Waals surface area contributed by atoms with Crippen molar-refractivity contribution in [2.45, 2.75) is 210 Å². The van der Waals surface area contributed by atoms with Crippen LogP contribution in [-0.2, 0) is 23.1 Å². The predicted octanol–water partition coefficient (Wildman–Crippen LogP) is 12.8. The summed E-state index contributed by atoms with van der Waals surface area (Å²) in [6.45, 7) is 23.7. The second kappa shape index (κ2) is 34.8. The first-order valence-electron chi connectivity index (χ1n) is 23.1. The molecule has 1 unspecified atom stereocenters. The molecule has 0 bridgehead atoms. The van der Waals surface area contributed by atoms with Gasteiger partial charge in [0, 0.05) is 13.2 Å². The molecule has 8 nitrogen and oxygen atoms in total. The van der Waals surface area contributed by atoms with Gasteiger partial charge in [-0.05, 0) is 60.2 Å². The maximum Gasteiger partial charge on any atom is 0.472 e. The van der Waals surface area contributed by atoms with Crippen LogP contribution in [0.3, 0.4) is 0 Å². The standard InChI is InChI=1S/C46H95O8P/c1-37(2)17-11-19-39(5)21-13-23-41(7)25-15-27-43(9)29-31-51-35-46(36-54-55(49,50)53-34-45(48)33-47)52-32-30-44(10)28-16-26-42(8)24-14-22-40(6)20-12-18-38(3)4/h37-48H,11-36H2,1-10H3,(H,49,50)/t39-,40-,41-,42-,43-,44-,45+,46+/m1/s1. The van der Waals surface area contributed by atoms with E-state index in [1.54, 1.807) is 0 Å². The molecular weight excluding hydrogens is 711 g/mol. The van der Waals surface area contributed by atoms with E-state index in [1.165, 1.54) is 109 Å². The normalized spacial score (nSPS) is 17.9. The zero-order valence-corrected chi connectivity index (χ0v) is 38.9. The van der Waals surface area contributed by atoms with Crippen LogP contribution in [0.5, 0.6) is 0 Å².